The molecule has 18 heavy (non-hydrogen) atoms. The second-order valence-electron chi connectivity index (χ2n) is 4.69. The van der Waals surface area contributed by atoms with Crippen LogP contribution in [0.2, 0.25) is 0 Å². The molecule has 2 atom stereocenters. The van der Waals surface area contributed by atoms with E-state index in [4.69, 9.17) is 4.74 Å². The first-order chi connectivity index (χ1) is 8.63. The van der Waals surface area contributed by atoms with Crippen LogP contribution in [0.1, 0.15) is 42.3 Å². The Balaban J connectivity index is 2.33. The lowest BCUT2D eigenvalue weighted by Gasteiger charge is -2.18. The molecule has 0 aliphatic carbocycles. The van der Waals surface area contributed by atoms with Crippen molar-refractivity contribution < 1.29 is 14.6 Å². The first-order valence-electron chi connectivity index (χ1n) is 6.36. The SMILES string of the molecule is CCC(C)C(O)c1ccc2c(c1)C(=O)NCCO2. The minimum Gasteiger partial charge on any atom is -0.491 e. The molecule has 0 saturated carbocycles. The quantitative estimate of drug-likeness (QED) is 0.860. The van der Waals surface area contributed by atoms with Crippen LogP contribution in [-0.2, 0) is 0 Å². The number of amides is 1. The number of rotatable bonds is 3. The number of hydrogen-bond acceptors (Lipinski definition) is 3. The Hall–Kier alpha value is -1.55. The Morgan fingerprint density at radius 3 is 3.00 bits per heavy atom. The average molecular weight is 249 g/mol. The van der Waals surface area contributed by atoms with Crippen LogP contribution < -0.4 is 10.1 Å². The largest absolute Gasteiger partial charge is 0.491 e. The van der Waals surface area contributed by atoms with E-state index in [1.807, 2.05) is 19.9 Å². The Morgan fingerprint density at radius 1 is 1.50 bits per heavy atom. The second kappa shape index (κ2) is 5.40. The summed E-state index contributed by atoms with van der Waals surface area (Å²) in [5, 5.41) is 12.9. The number of carbonyl (C=O) groups is 1. The summed E-state index contributed by atoms with van der Waals surface area (Å²) in [6, 6.07) is 5.32. The summed E-state index contributed by atoms with van der Waals surface area (Å²) in [6.45, 7) is 5.02. The molecule has 0 saturated heterocycles. The first-order valence-corrected chi connectivity index (χ1v) is 6.36. The van der Waals surface area contributed by atoms with Crippen LogP contribution in [0.15, 0.2) is 18.2 Å². The fraction of sp³-hybridized carbons (Fsp3) is 0.500. The molecule has 0 radical (unpaired) electrons. The predicted molar refractivity (Wildman–Crippen MR) is 68.7 cm³/mol. The Morgan fingerprint density at radius 2 is 2.28 bits per heavy atom. The van der Waals surface area contributed by atoms with Gasteiger partial charge in [-0.2, -0.15) is 0 Å². The van der Waals surface area contributed by atoms with Crippen molar-refractivity contribution in [3.63, 3.8) is 0 Å². The van der Waals surface area contributed by atoms with Crippen molar-refractivity contribution in [2.45, 2.75) is 26.4 Å². The Labute approximate surface area is 107 Å². The molecule has 1 aromatic carbocycles. The molecule has 98 valence electrons. The minimum absolute atomic E-state index is 0.138. The van der Waals surface area contributed by atoms with E-state index in [0.717, 1.165) is 12.0 Å². The van der Waals surface area contributed by atoms with Gasteiger partial charge in [0.2, 0.25) is 0 Å². The van der Waals surface area contributed by atoms with Crippen LogP contribution in [0.5, 0.6) is 5.75 Å². The van der Waals surface area contributed by atoms with E-state index >= 15 is 0 Å². The van der Waals surface area contributed by atoms with E-state index in [0.29, 0.717) is 24.5 Å². The molecule has 0 bridgehead atoms. The third kappa shape index (κ3) is 2.48. The van der Waals surface area contributed by atoms with Crippen LogP contribution in [-0.4, -0.2) is 24.2 Å². The van der Waals surface area contributed by atoms with Gasteiger partial charge in [0, 0.05) is 0 Å². The predicted octanol–water partition coefficient (Wildman–Crippen LogP) is 1.89. The molecule has 4 heteroatoms. The normalized spacial score (nSPS) is 18.1. The van der Waals surface area contributed by atoms with Crippen molar-refractivity contribution in [1.82, 2.24) is 5.32 Å². The first kappa shape index (κ1) is 12.9. The average Bonchev–Trinajstić information content (AvgIpc) is 2.59. The summed E-state index contributed by atoms with van der Waals surface area (Å²) in [7, 11) is 0. The van der Waals surface area contributed by atoms with Crippen LogP contribution in [0.3, 0.4) is 0 Å². The fourth-order valence-corrected chi connectivity index (χ4v) is 2.01. The van der Waals surface area contributed by atoms with Gasteiger partial charge in [-0.25, -0.2) is 0 Å². The highest BCUT2D eigenvalue weighted by Crippen LogP contribution is 2.29. The van der Waals surface area contributed by atoms with Crippen molar-refractivity contribution >= 4 is 5.91 Å². The van der Waals surface area contributed by atoms with Gasteiger partial charge in [0.05, 0.1) is 18.2 Å². The highest BCUT2D eigenvalue weighted by molar-refractivity contribution is 5.97. The fourth-order valence-electron chi connectivity index (χ4n) is 2.01. The molecule has 1 amide bonds. The number of fused-ring (bicyclic) bond motifs is 1. The number of aliphatic hydroxyl groups is 1. The lowest BCUT2D eigenvalue weighted by atomic mass is 9.94. The smallest absolute Gasteiger partial charge is 0.255 e. The Kier molecular flexibility index (Phi) is 3.87. The van der Waals surface area contributed by atoms with Crippen LogP contribution in [0, 0.1) is 5.92 Å². The maximum Gasteiger partial charge on any atom is 0.255 e. The number of nitrogens with one attached hydrogen (secondary N) is 1. The molecular weight excluding hydrogens is 230 g/mol. The van der Waals surface area contributed by atoms with Gasteiger partial charge >= 0.3 is 0 Å². The number of aliphatic hydroxyl groups excluding tert-OH is 1. The maximum absolute atomic E-state index is 11.8. The highest BCUT2D eigenvalue weighted by atomic mass is 16.5. The summed E-state index contributed by atoms with van der Waals surface area (Å²) in [5.41, 5.74) is 1.27. The number of hydrogen-bond donors (Lipinski definition) is 2. The van der Waals surface area contributed by atoms with E-state index in [2.05, 4.69) is 5.32 Å². The van der Waals surface area contributed by atoms with Gasteiger partial charge < -0.3 is 15.2 Å². The summed E-state index contributed by atoms with van der Waals surface area (Å²) >= 11 is 0. The van der Waals surface area contributed by atoms with E-state index in [1.165, 1.54) is 0 Å². The second-order valence-corrected chi connectivity index (χ2v) is 4.69. The van der Waals surface area contributed by atoms with Gasteiger partial charge in [0.1, 0.15) is 12.4 Å². The lowest BCUT2D eigenvalue weighted by molar-refractivity contribution is 0.0955. The summed E-state index contributed by atoms with van der Waals surface area (Å²) in [4.78, 5) is 11.8. The highest BCUT2D eigenvalue weighted by Gasteiger charge is 2.20. The number of ether oxygens (including phenoxy) is 1. The third-order valence-corrected chi connectivity index (χ3v) is 3.42. The topological polar surface area (TPSA) is 58.6 Å². The number of carbonyl (C=O) groups excluding carboxylic acids is 1. The molecule has 0 spiro atoms. The third-order valence-electron chi connectivity index (χ3n) is 3.42. The van der Waals surface area contributed by atoms with Crippen LogP contribution in [0.25, 0.3) is 0 Å². The molecule has 2 N–H and O–H groups in total. The molecule has 0 aromatic heterocycles. The van der Waals surface area contributed by atoms with Crippen LogP contribution in [0.4, 0.5) is 0 Å². The maximum atomic E-state index is 11.8. The summed E-state index contributed by atoms with van der Waals surface area (Å²) in [6.07, 6.45) is 0.345. The zero-order chi connectivity index (χ0) is 13.1. The molecule has 2 rings (SSSR count). The number of benzene rings is 1. The van der Waals surface area contributed by atoms with Gasteiger partial charge in [-0.05, 0) is 23.6 Å². The molecule has 1 heterocycles. The zero-order valence-corrected chi connectivity index (χ0v) is 10.8. The summed E-state index contributed by atoms with van der Waals surface area (Å²) in [5.74, 6) is 0.614. The molecule has 4 nitrogen and oxygen atoms in total. The molecule has 2 unspecified atom stereocenters. The molecule has 1 aliphatic heterocycles. The molecule has 1 aliphatic rings. The van der Waals surface area contributed by atoms with Crippen LogP contribution >= 0.6 is 0 Å². The van der Waals surface area contributed by atoms with Crippen molar-refractivity contribution in [2.24, 2.45) is 5.92 Å². The van der Waals surface area contributed by atoms with E-state index in [9.17, 15) is 9.90 Å². The van der Waals surface area contributed by atoms with E-state index < -0.39 is 6.10 Å². The van der Waals surface area contributed by atoms with Gasteiger partial charge in [0.15, 0.2) is 0 Å². The van der Waals surface area contributed by atoms with Gasteiger partial charge in [-0.15, -0.1) is 0 Å². The van der Waals surface area contributed by atoms with Gasteiger partial charge in [-0.3, -0.25) is 4.79 Å². The van der Waals surface area contributed by atoms with Gasteiger partial charge in [-0.1, -0.05) is 26.3 Å². The molecular formula is C14H19NO3. The zero-order valence-electron chi connectivity index (χ0n) is 10.8. The summed E-state index contributed by atoms with van der Waals surface area (Å²) < 4.78 is 5.48. The van der Waals surface area contributed by atoms with Crippen molar-refractivity contribution in [2.75, 3.05) is 13.2 Å². The van der Waals surface area contributed by atoms with Crippen molar-refractivity contribution in [1.29, 1.82) is 0 Å². The monoisotopic (exact) mass is 249 g/mol. The molecule has 1 aromatic rings. The van der Waals surface area contributed by atoms with E-state index in [1.54, 1.807) is 12.1 Å². The lowest BCUT2D eigenvalue weighted by Crippen LogP contribution is -2.24. The van der Waals surface area contributed by atoms with E-state index in [-0.39, 0.29) is 11.8 Å². The van der Waals surface area contributed by atoms with Gasteiger partial charge in [0.25, 0.3) is 5.91 Å². The minimum atomic E-state index is -0.545. The van der Waals surface area contributed by atoms with Crippen molar-refractivity contribution in [3.8, 4) is 5.75 Å². The van der Waals surface area contributed by atoms with Crippen molar-refractivity contribution in [3.05, 3.63) is 29.3 Å². The molecule has 0 fully saturated rings. The standard InChI is InChI=1S/C14H19NO3/c1-3-9(2)13(16)10-4-5-12-11(8-10)14(17)15-6-7-18-12/h4-5,8-9,13,16H,3,6-7H2,1-2H3,(H,15,17). The Bertz CT molecular complexity index is 445.